The molecular weight excluding hydrogens is 264 g/mol. The van der Waals surface area contributed by atoms with Crippen molar-refractivity contribution in [2.24, 2.45) is 0 Å². The summed E-state index contributed by atoms with van der Waals surface area (Å²) in [6.45, 7) is 0.795. The largest absolute Gasteiger partial charge is 0.338 e. The third-order valence-corrected chi connectivity index (χ3v) is 3.29. The van der Waals surface area contributed by atoms with Gasteiger partial charge in [0.2, 0.25) is 5.89 Å². The number of benzene rings is 1. The quantitative estimate of drug-likeness (QED) is 0.844. The Labute approximate surface area is 115 Å². The lowest BCUT2D eigenvalue weighted by atomic mass is 10.2. The van der Waals surface area contributed by atoms with Gasteiger partial charge >= 0.3 is 0 Å². The molecule has 1 aliphatic carbocycles. The lowest BCUT2D eigenvalue weighted by Crippen LogP contribution is -2.18. The van der Waals surface area contributed by atoms with Crippen LogP contribution in [0, 0.1) is 11.6 Å². The molecule has 0 amide bonds. The zero-order valence-corrected chi connectivity index (χ0v) is 11.1. The van der Waals surface area contributed by atoms with E-state index in [0.717, 1.165) is 24.7 Å². The van der Waals surface area contributed by atoms with Crippen LogP contribution in [0.2, 0.25) is 0 Å². The normalized spacial score (nSPS) is 15.0. The lowest BCUT2D eigenvalue weighted by molar-refractivity contribution is 0.257. The minimum absolute atomic E-state index is 0.354. The van der Waals surface area contributed by atoms with E-state index in [4.69, 9.17) is 4.52 Å². The molecule has 2 aromatic rings. The maximum Gasteiger partial charge on any atom is 0.240 e. The average molecular weight is 279 g/mol. The molecule has 4 nitrogen and oxygen atoms in total. The second kappa shape index (κ2) is 5.28. The van der Waals surface area contributed by atoms with Crippen molar-refractivity contribution in [2.45, 2.75) is 31.8 Å². The van der Waals surface area contributed by atoms with Gasteiger partial charge in [0.1, 0.15) is 11.6 Å². The predicted octanol–water partition coefficient (Wildman–Crippen LogP) is 2.86. The van der Waals surface area contributed by atoms with Crippen LogP contribution in [0.25, 0.3) is 0 Å². The molecule has 20 heavy (non-hydrogen) atoms. The van der Waals surface area contributed by atoms with Crippen molar-refractivity contribution in [3.8, 4) is 0 Å². The van der Waals surface area contributed by atoms with Crippen molar-refractivity contribution in [3.63, 3.8) is 0 Å². The van der Waals surface area contributed by atoms with Gasteiger partial charge in [-0.25, -0.2) is 8.78 Å². The fourth-order valence-electron chi connectivity index (χ4n) is 2.07. The molecule has 1 fully saturated rings. The number of nitrogens with zero attached hydrogens (tertiary/aromatic N) is 3. The van der Waals surface area contributed by atoms with Crippen molar-refractivity contribution in [1.29, 1.82) is 0 Å². The van der Waals surface area contributed by atoms with Gasteiger partial charge in [0.25, 0.3) is 0 Å². The molecule has 1 aromatic carbocycles. The number of aromatic nitrogens is 2. The SMILES string of the molecule is CN(Cc1nc(C2CC2)no1)Cc1ccc(F)cc1F. The van der Waals surface area contributed by atoms with Crippen molar-refractivity contribution in [1.82, 2.24) is 15.0 Å². The van der Waals surface area contributed by atoms with E-state index in [2.05, 4.69) is 10.1 Å². The van der Waals surface area contributed by atoms with Gasteiger partial charge < -0.3 is 4.52 Å². The first-order chi connectivity index (χ1) is 9.61. The van der Waals surface area contributed by atoms with Crippen LogP contribution in [0.1, 0.15) is 36.0 Å². The minimum atomic E-state index is -0.570. The summed E-state index contributed by atoms with van der Waals surface area (Å²) < 4.78 is 31.5. The highest BCUT2D eigenvalue weighted by molar-refractivity contribution is 5.18. The summed E-state index contributed by atoms with van der Waals surface area (Å²) in [4.78, 5) is 6.16. The smallest absolute Gasteiger partial charge is 0.240 e. The van der Waals surface area contributed by atoms with E-state index in [1.165, 1.54) is 12.1 Å². The first kappa shape index (κ1) is 13.2. The summed E-state index contributed by atoms with van der Waals surface area (Å²) in [7, 11) is 1.82. The van der Waals surface area contributed by atoms with Crippen LogP contribution in [0.15, 0.2) is 22.7 Å². The lowest BCUT2D eigenvalue weighted by Gasteiger charge is -2.14. The van der Waals surface area contributed by atoms with Gasteiger partial charge in [0, 0.05) is 24.1 Å². The third-order valence-electron chi connectivity index (χ3n) is 3.29. The predicted molar refractivity (Wildman–Crippen MR) is 67.8 cm³/mol. The zero-order valence-electron chi connectivity index (χ0n) is 11.1. The van der Waals surface area contributed by atoms with Crippen molar-refractivity contribution >= 4 is 0 Å². The molecule has 0 N–H and O–H groups in total. The van der Waals surface area contributed by atoms with Gasteiger partial charge in [-0.3, -0.25) is 4.90 Å². The Kier molecular flexibility index (Phi) is 3.48. The summed E-state index contributed by atoms with van der Waals surface area (Å²) in [5.41, 5.74) is 0.441. The fourth-order valence-corrected chi connectivity index (χ4v) is 2.07. The van der Waals surface area contributed by atoms with Crippen LogP contribution >= 0.6 is 0 Å². The van der Waals surface area contributed by atoms with E-state index in [1.807, 2.05) is 11.9 Å². The molecule has 1 saturated carbocycles. The monoisotopic (exact) mass is 279 g/mol. The van der Waals surface area contributed by atoms with Gasteiger partial charge in [-0.1, -0.05) is 11.2 Å². The van der Waals surface area contributed by atoms with Crippen LogP contribution in [0.5, 0.6) is 0 Å². The van der Waals surface area contributed by atoms with Crippen LogP contribution in [0.3, 0.4) is 0 Å². The van der Waals surface area contributed by atoms with E-state index in [0.29, 0.717) is 30.5 Å². The van der Waals surface area contributed by atoms with Crippen LogP contribution in [-0.2, 0) is 13.1 Å². The summed E-state index contributed by atoms with van der Waals surface area (Å²) in [6, 6.07) is 3.59. The maximum atomic E-state index is 13.5. The molecule has 0 unspecified atom stereocenters. The summed E-state index contributed by atoms with van der Waals surface area (Å²) in [6.07, 6.45) is 2.24. The minimum Gasteiger partial charge on any atom is -0.338 e. The summed E-state index contributed by atoms with van der Waals surface area (Å²) >= 11 is 0. The molecule has 6 heteroatoms. The molecule has 0 aliphatic heterocycles. The Hall–Kier alpha value is -1.82. The van der Waals surface area contributed by atoms with Gasteiger partial charge in [0.15, 0.2) is 5.82 Å². The molecule has 1 heterocycles. The Morgan fingerprint density at radius 1 is 1.30 bits per heavy atom. The highest BCUT2D eigenvalue weighted by Gasteiger charge is 2.28. The van der Waals surface area contributed by atoms with E-state index in [9.17, 15) is 8.78 Å². The Morgan fingerprint density at radius 3 is 2.80 bits per heavy atom. The third kappa shape index (κ3) is 3.01. The molecule has 1 aliphatic rings. The molecule has 3 rings (SSSR count). The first-order valence-electron chi connectivity index (χ1n) is 6.57. The molecule has 0 spiro atoms. The average Bonchev–Trinajstić information content (AvgIpc) is 3.14. The molecule has 0 bridgehead atoms. The van der Waals surface area contributed by atoms with Crippen LogP contribution < -0.4 is 0 Å². The Bertz CT molecular complexity index is 610. The van der Waals surface area contributed by atoms with Crippen molar-refractivity contribution in [3.05, 3.63) is 47.1 Å². The van der Waals surface area contributed by atoms with Crippen LogP contribution in [0.4, 0.5) is 8.78 Å². The van der Waals surface area contributed by atoms with Crippen LogP contribution in [-0.4, -0.2) is 22.1 Å². The van der Waals surface area contributed by atoms with Gasteiger partial charge in [-0.05, 0) is 26.0 Å². The molecule has 0 saturated heterocycles. The molecule has 0 atom stereocenters. The molecule has 106 valence electrons. The van der Waals surface area contributed by atoms with Crippen molar-refractivity contribution in [2.75, 3.05) is 7.05 Å². The zero-order chi connectivity index (χ0) is 14.1. The molecular formula is C14H15F2N3O. The molecule has 0 radical (unpaired) electrons. The van der Waals surface area contributed by atoms with Gasteiger partial charge in [0.05, 0.1) is 6.54 Å². The second-order valence-corrected chi connectivity index (χ2v) is 5.23. The summed E-state index contributed by atoms with van der Waals surface area (Å²) in [5, 5.41) is 3.93. The summed E-state index contributed by atoms with van der Waals surface area (Å²) in [5.74, 6) is 0.631. The van der Waals surface area contributed by atoms with Gasteiger partial charge in [-0.2, -0.15) is 4.98 Å². The fraction of sp³-hybridized carbons (Fsp3) is 0.429. The first-order valence-corrected chi connectivity index (χ1v) is 6.57. The maximum absolute atomic E-state index is 13.5. The van der Waals surface area contributed by atoms with E-state index in [1.54, 1.807) is 0 Å². The highest BCUT2D eigenvalue weighted by Crippen LogP contribution is 2.38. The van der Waals surface area contributed by atoms with Crippen molar-refractivity contribution < 1.29 is 13.3 Å². The second-order valence-electron chi connectivity index (χ2n) is 5.23. The van der Waals surface area contributed by atoms with E-state index in [-0.39, 0.29) is 0 Å². The number of hydrogen-bond donors (Lipinski definition) is 0. The van der Waals surface area contributed by atoms with Gasteiger partial charge in [-0.15, -0.1) is 0 Å². The van der Waals surface area contributed by atoms with E-state index >= 15 is 0 Å². The van der Waals surface area contributed by atoms with E-state index < -0.39 is 11.6 Å². The number of rotatable bonds is 5. The molecule has 1 aromatic heterocycles. The number of hydrogen-bond acceptors (Lipinski definition) is 4. The Morgan fingerprint density at radius 2 is 2.10 bits per heavy atom. The Balaban J connectivity index is 1.61. The standard InChI is InChI=1S/C14H15F2N3O/c1-19(7-10-4-5-11(15)6-12(10)16)8-13-17-14(18-20-13)9-2-3-9/h4-6,9H,2-3,7-8H2,1H3. The topological polar surface area (TPSA) is 42.2 Å². The highest BCUT2D eigenvalue weighted by atomic mass is 19.1. The number of halogens is 2.